The molecule has 1 aromatic carbocycles. The van der Waals surface area contributed by atoms with Crippen LogP contribution in [0.1, 0.15) is 17.3 Å². The molecule has 0 aliphatic carbocycles. The molecule has 0 bridgehead atoms. The van der Waals surface area contributed by atoms with Gasteiger partial charge in [-0.05, 0) is 17.9 Å². The lowest BCUT2D eigenvalue weighted by molar-refractivity contribution is -0.0818. The fourth-order valence-electron chi connectivity index (χ4n) is 2.05. The van der Waals surface area contributed by atoms with Crippen LogP contribution in [0.25, 0.3) is 0 Å². The lowest BCUT2D eigenvalue weighted by Crippen LogP contribution is -2.34. The van der Waals surface area contributed by atoms with Crippen LogP contribution in [-0.2, 0) is 9.47 Å². The minimum Gasteiger partial charge on any atom is -0.478 e. The van der Waals surface area contributed by atoms with Gasteiger partial charge in [0.1, 0.15) is 0 Å². The number of carbonyl (C=O) groups is 1. The van der Waals surface area contributed by atoms with E-state index in [2.05, 4.69) is 5.32 Å². The molecule has 1 aliphatic heterocycles. The first kappa shape index (κ1) is 15.2. The van der Waals surface area contributed by atoms with Crippen LogP contribution < -0.4 is 5.32 Å². The number of carboxylic acid groups (broad SMARTS) is 1. The van der Waals surface area contributed by atoms with Crippen molar-refractivity contribution in [2.45, 2.75) is 17.9 Å². The number of carboxylic acids is 1. The van der Waals surface area contributed by atoms with E-state index in [0.29, 0.717) is 37.6 Å². The van der Waals surface area contributed by atoms with Gasteiger partial charge in [0.25, 0.3) is 0 Å². The molecule has 5 nitrogen and oxygen atoms in total. The fourth-order valence-corrected chi connectivity index (χ4v) is 2.88. The maximum atomic E-state index is 11.5. The van der Waals surface area contributed by atoms with E-state index >= 15 is 0 Å². The van der Waals surface area contributed by atoms with E-state index in [-0.39, 0.29) is 6.10 Å². The van der Waals surface area contributed by atoms with Gasteiger partial charge in [-0.3, -0.25) is 0 Å². The number of rotatable bonds is 6. The Bertz CT molecular complexity index is 460. The molecule has 1 heterocycles. The molecule has 0 radical (unpaired) electrons. The normalized spacial score (nSPS) is 18.8. The smallest absolute Gasteiger partial charge is 0.338 e. The molecular weight excluding hydrogens is 278 g/mol. The van der Waals surface area contributed by atoms with Crippen molar-refractivity contribution < 1.29 is 19.4 Å². The highest BCUT2D eigenvalue weighted by Gasteiger charge is 2.18. The van der Waals surface area contributed by atoms with Gasteiger partial charge in [-0.1, -0.05) is 13.0 Å². The Hall–Kier alpha value is -1.24. The second-order valence-corrected chi connectivity index (χ2v) is 5.67. The third-order valence-corrected chi connectivity index (χ3v) is 3.88. The maximum absolute atomic E-state index is 11.5. The van der Waals surface area contributed by atoms with Gasteiger partial charge in [0, 0.05) is 17.1 Å². The highest BCUT2D eigenvalue weighted by Crippen LogP contribution is 2.28. The Labute approximate surface area is 122 Å². The van der Waals surface area contributed by atoms with E-state index in [9.17, 15) is 9.90 Å². The predicted octanol–water partition coefficient (Wildman–Crippen LogP) is 2.32. The molecule has 1 aliphatic rings. The van der Waals surface area contributed by atoms with Gasteiger partial charge < -0.3 is 19.9 Å². The Morgan fingerprint density at radius 1 is 1.50 bits per heavy atom. The van der Waals surface area contributed by atoms with Crippen molar-refractivity contribution in [2.24, 2.45) is 0 Å². The molecule has 2 N–H and O–H groups in total. The van der Waals surface area contributed by atoms with Crippen LogP contribution in [0.15, 0.2) is 23.1 Å². The highest BCUT2D eigenvalue weighted by molar-refractivity contribution is 7.99. The molecule has 0 saturated carbocycles. The van der Waals surface area contributed by atoms with Crippen LogP contribution in [0, 0.1) is 0 Å². The van der Waals surface area contributed by atoms with Crippen LogP contribution in [0.2, 0.25) is 0 Å². The van der Waals surface area contributed by atoms with E-state index in [4.69, 9.17) is 9.47 Å². The molecule has 110 valence electrons. The van der Waals surface area contributed by atoms with Gasteiger partial charge in [0.2, 0.25) is 0 Å². The summed E-state index contributed by atoms with van der Waals surface area (Å²) in [6.45, 7) is 4.30. The number of anilines is 1. The molecule has 0 spiro atoms. The van der Waals surface area contributed by atoms with Gasteiger partial charge >= 0.3 is 5.97 Å². The van der Waals surface area contributed by atoms with Crippen LogP contribution >= 0.6 is 11.8 Å². The van der Waals surface area contributed by atoms with Crippen molar-refractivity contribution >= 4 is 23.4 Å². The first-order valence-corrected chi connectivity index (χ1v) is 7.63. The summed E-state index contributed by atoms with van der Waals surface area (Å²) < 4.78 is 10.9. The summed E-state index contributed by atoms with van der Waals surface area (Å²) in [6, 6.07) is 5.49. The average Bonchev–Trinajstić information content (AvgIpc) is 2.46. The summed E-state index contributed by atoms with van der Waals surface area (Å²) in [5.74, 6) is -0.0755. The Morgan fingerprint density at radius 2 is 2.35 bits per heavy atom. The van der Waals surface area contributed by atoms with Gasteiger partial charge in [-0.25, -0.2) is 4.79 Å². The SMILES string of the molecule is CCSc1cccc(NCC2COCCO2)c1C(=O)O. The summed E-state index contributed by atoms with van der Waals surface area (Å²) >= 11 is 1.53. The third-order valence-electron chi connectivity index (χ3n) is 2.95. The molecule has 1 fully saturated rings. The summed E-state index contributed by atoms with van der Waals surface area (Å²) in [7, 11) is 0. The number of thioether (sulfide) groups is 1. The number of hydrogen-bond acceptors (Lipinski definition) is 5. The van der Waals surface area contributed by atoms with Crippen molar-refractivity contribution in [3.8, 4) is 0 Å². The van der Waals surface area contributed by atoms with E-state index < -0.39 is 5.97 Å². The molecule has 1 saturated heterocycles. The van der Waals surface area contributed by atoms with Gasteiger partial charge in [-0.15, -0.1) is 11.8 Å². The summed E-state index contributed by atoms with van der Waals surface area (Å²) in [5, 5.41) is 12.6. The standard InChI is InChI=1S/C14H19NO4S/c1-2-20-12-5-3-4-11(13(12)14(16)17)15-8-10-9-18-6-7-19-10/h3-5,10,15H,2,6-9H2,1H3,(H,16,17). The lowest BCUT2D eigenvalue weighted by Gasteiger charge is -2.24. The third kappa shape index (κ3) is 3.88. The minimum atomic E-state index is -0.912. The summed E-state index contributed by atoms with van der Waals surface area (Å²) in [5.41, 5.74) is 0.959. The van der Waals surface area contributed by atoms with Gasteiger partial charge in [0.05, 0.1) is 31.5 Å². The van der Waals surface area contributed by atoms with Crippen LogP contribution in [-0.4, -0.2) is 49.3 Å². The zero-order chi connectivity index (χ0) is 14.4. The van der Waals surface area contributed by atoms with Crippen molar-refractivity contribution in [3.63, 3.8) is 0 Å². The molecule has 6 heteroatoms. The van der Waals surface area contributed by atoms with Crippen molar-refractivity contribution in [1.29, 1.82) is 0 Å². The monoisotopic (exact) mass is 297 g/mol. The average molecular weight is 297 g/mol. The number of aromatic carboxylic acids is 1. The molecule has 1 unspecified atom stereocenters. The topological polar surface area (TPSA) is 67.8 Å². The summed E-state index contributed by atoms with van der Waals surface area (Å²) in [6.07, 6.45) is -0.0344. The number of hydrogen-bond donors (Lipinski definition) is 2. The van der Waals surface area contributed by atoms with Crippen molar-refractivity contribution in [2.75, 3.05) is 37.4 Å². The molecular formula is C14H19NO4S. The first-order valence-electron chi connectivity index (χ1n) is 6.64. The van der Waals surface area contributed by atoms with Gasteiger partial charge in [-0.2, -0.15) is 0 Å². The quantitative estimate of drug-likeness (QED) is 0.786. The van der Waals surface area contributed by atoms with E-state index in [1.54, 1.807) is 6.07 Å². The van der Waals surface area contributed by atoms with Crippen LogP contribution in [0.5, 0.6) is 0 Å². The molecule has 1 aromatic rings. The highest BCUT2D eigenvalue weighted by atomic mass is 32.2. The number of ether oxygens (including phenoxy) is 2. The first-order chi connectivity index (χ1) is 9.72. The van der Waals surface area contributed by atoms with E-state index in [1.165, 1.54) is 11.8 Å². The molecule has 1 atom stereocenters. The van der Waals surface area contributed by atoms with Gasteiger partial charge in [0.15, 0.2) is 0 Å². The van der Waals surface area contributed by atoms with Crippen LogP contribution in [0.3, 0.4) is 0 Å². The second-order valence-electron chi connectivity index (χ2n) is 4.37. The van der Waals surface area contributed by atoms with E-state index in [1.807, 2.05) is 19.1 Å². The Balaban J connectivity index is 2.09. The van der Waals surface area contributed by atoms with E-state index in [0.717, 1.165) is 10.6 Å². The molecule has 0 amide bonds. The Kier molecular flexibility index (Phi) is 5.70. The number of nitrogens with one attached hydrogen (secondary N) is 1. The molecule has 2 rings (SSSR count). The number of benzene rings is 1. The Morgan fingerprint density at radius 3 is 3.00 bits per heavy atom. The second kappa shape index (κ2) is 7.52. The fraction of sp³-hybridized carbons (Fsp3) is 0.500. The van der Waals surface area contributed by atoms with Crippen LogP contribution in [0.4, 0.5) is 5.69 Å². The largest absolute Gasteiger partial charge is 0.478 e. The van der Waals surface area contributed by atoms with Crippen molar-refractivity contribution in [3.05, 3.63) is 23.8 Å². The predicted molar refractivity (Wildman–Crippen MR) is 78.8 cm³/mol. The zero-order valence-electron chi connectivity index (χ0n) is 11.4. The zero-order valence-corrected chi connectivity index (χ0v) is 12.2. The lowest BCUT2D eigenvalue weighted by atomic mass is 10.1. The minimum absolute atomic E-state index is 0.0344. The van der Waals surface area contributed by atoms with Crippen molar-refractivity contribution in [1.82, 2.24) is 0 Å². The maximum Gasteiger partial charge on any atom is 0.338 e. The molecule has 20 heavy (non-hydrogen) atoms. The molecule has 0 aromatic heterocycles. The summed E-state index contributed by atoms with van der Waals surface area (Å²) in [4.78, 5) is 12.2.